The molecule has 4 heteroatoms. The molecule has 0 saturated carbocycles. The van der Waals surface area contributed by atoms with Crippen molar-refractivity contribution >= 4 is 9.84 Å². The predicted molar refractivity (Wildman–Crippen MR) is 52.5 cm³/mol. The van der Waals surface area contributed by atoms with Crippen molar-refractivity contribution in [2.45, 2.75) is 31.2 Å². The van der Waals surface area contributed by atoms with Crippen LogP contribution in [0, 0.1) is 0 Å². The summed E-state index contributed by atoms with van der Waals surface area (Å²) in [6.07, 6.45) is 4.13. The molecule has 76 valence electrons. The van der Waals surface area contributed by atoms with E-state index in [1.54, 1.807) is 0 Å². The van der Waals surface area contributed by atoms with Crippen LogP contribution in [0.25, 0.3) is 0 Å². The second-order valence-corrected chi connectivity index (χ2v) is 6.70. The third kappa shape index (κ3) is 1.62. The Kier molecular flexibility index (Phi) is 2.15. The van der Waals surface area contributed by atoms with Crippen LogP contribution in [0.5, 0.6) is 0 Å². The highest BCUT2D eigenvalue weighted by Crippen LogP contribution is 2.37. The molecule has 0 radical (unpaired) electrons. The third-order valence-electron chi connectivity index (χ3n) is 3.70. The van der Waals surface area contributed by atoms with Crippen LogP contribution in [0.3, 0.4) is 0 Å². The van der Waals surface area contributed by atoms with Crippen LogP contribution in [0.2, 0.25) is 0 Å². The SMILES string of the molecule is CN1CCCC12CCS(=O)(=O)CC2. The summed E-state index contributed by atoms with van der Waals surface area (Å²) in [7, 11) is -0.566. The fourth-order valence-corrected chi connectivity index (χ4v) is 4.21. The molecule has 2 saturated heterocycles. The van der Waals surface area contributed by atoms with Gasteiger partial charge in [-0.2, -0.15) is 0 Å². The molecular weight excluding hydrogens is 186 g/mol. The lowest BCUT2D eigenvalue weighted by atomic mass is 9.90. The van der Waals surface area contributed by atoms with Crippen molar-refractivity contribution in [2.24, 2.45) is 0 Å². The normalized spacial score (nSPS) is 32.4. The maximum Gasteiger partial charge on any atom is 0.150 e. The van der Waals surface area contributed by atoms with E-state index < -0.39 is 9.84 Å². The highest BCUT2D eigenvalue weighted by atomic mass is 32.2. The standard InChI is InChI=1S/C9H17NO2S/c1-10-6-2-3-9(10)4-7-13(11,12)8-5-9/h2-8H2,1H3. The van der Waals surface area contributed by atoms with Crippen molar-refractivity contribution in [3.63, 3.8) is 0 Å². The Bertz CT molecular complexity index is 283. The Labute approximate surface area is 80.0 Å². The summed E-state index contributed by atoms with van der Waals surface area (Å²) in [5.41, 5.74) is 0.241. The zero-order chi connectivity index (χ0) is 9.53. The molecule has 13 heavy (non-hydrogen) atoms. The zero-order valence-corrected chi connectivity index (χ0v) is 8.94. The smallest absolute Gasteiger partial charge is 0.150 e. The number of sulfone groups is 1. The fraction of sp³-hybridized carbons (Fsp3) is 1.00. The Morgan fingerprint density at radius 3 is 2.23 bits per heavy atom. The fourth-order valence-electron chi connectivity index (χ4n) is 2.62. The summed E-state index contributed by atoms with van der Waals surface area (Å²) in [6, 6.07) is 0. The van der Waals surface area contributed by atoms with E-state index in [0.717, 1.165) is 19.4 Å². The Balaban J connectivity index is 2.12. The van der Waals surface area contributed by atoms with Gasteiger partial charge >= 0.3 is 0 Å². The summed E-state index contributed by atoms with van der Waals surface area (Å²) in [5.74, 6) is 0.800. The molecule has 1 spiro atoms. The molecule has 0 aliphatic carbocycles. The maximum atomic E-state index is 11.3. The summed E-state index contributed by atoms with van der Waals surface area (Å²) in [6.45, 7) is 1.14. The average molecular weight is 203 g/mol. The van der Waals surface area contributed by atoms with Gasteiger partial charge in [0.05, 0.1) is 11.5 Å². The minimum atomic E-state index is -2.70. The minimum Gasteiger partial charge on any atom is -0.301 e. The largest absolute Gasteiger partial charge is 0.301 e. The van der Waals surface area contributed by atoms with E-state index >= 15 is 0 Å². The van der Waals surface area contributed by atoms with E-state index in [0.29, 0.717) is 11.5 Å². The van der Waals surface area contributed by atoms with Crippen molar-refractivity contribution in [1.29, 1.82) is 0 Å². The Hall–Kier alpha value is -0.0900. The molecule has 3 nitrogen and oxygen atoms in total. The molecule has 2 heterocycles. The summed E-state index contributed by atoms with van der Waals surface area (Å²) in [4.78, 5) is 2.36. The van der Waals surface area contributed by atoms with Crippen LogP contribution in [0.15, 0.2) is 0 Å². The van der Waals surface area contributed by atoms with Gasteiger partial charge in [0.2, 0.25) is 0 Å². The van der Waals surface area contributed by atoms with Crippen molar-refractivity contribution < 1.29 is 8.42 Å². The lowest BCUT2D eigenvalue weighted by Gasteiger charge is -2.39. The topological polar surface area (TPSA) is 37.4 Å². The first-order valence-corrected chi connectivity index (χ1v) is 6.78. The summed E-state index contributed by atoms with van der Waals surface area (Å²) in [5, 5.41) is 0. The average Bonchev–Trinajstić information content (AvgIpc) is 2.41. The van der Waals surface area contributed by atoms with Crippen LogP contribution < -0.4 is 0 Å². The maximum absolute atomic E-state index is 11.3. The van der Waals surface area contributed by atoms with Gasteiger partial charge in [-0.3, -0.25) is 0 Å². The van der Waals surface area contributed by atoms with Gasteiger partial charge in [-0.25, -0.2) is 8.42 Å². The number of rotatable bonds is 0. The van der Waals surface area contributed by atoms with Gasteiger partial charge in [0, 0.05) is 5.54 Å². The van der Waals surface area contributed by atoms with E-state index in [9.17, 15) is 8.42 Å². The molecule has 2 aliphatic rings. The summed E-state index contributed by atoms with van der Waals surface area (Å²) < 4.78 is 22.6. The van der Waals surface area contributed by atoms with Crippen LogP contribution in [0.4, 0.5) is 0 Å². The van der Waals surface area contributed by atoms with Gasteiger partial charge in [-0.15, -0.1) is 0 Å². The molecule has 0 atom stereocenters. The first kappa shape index (κ1) is 9.46. The molecule has 2 fully saturated rings. The van der Waals surface area contributed by atoms with Gasteiger partial charge in [-0.1, -0.05) is 0 Å². The van der Waals surface area contributed by atoms with Crippen molar-refractivity contribution in [1.82, 2.24) is 4.90 Å². The van der Waals surface area contributed by atoms with Crippen molar-refractivity contribution in [3.05, 3.63) is 0 Å². The Morgan fingerprint density at radius 2 is 1.77 bits per heavy atom. The number of hydrogen-bond acceptors (Lipinski definition) is 3. The van der Waals surface area contributed by atoms with Gasteiger partial charge in [-0.05, 0) is 39.3 Å². The highest BCUT2D eigenvalue weighted by molar-refractivity contribution is 7.91. The lowest BCUT2D eigenvalue weighted by Crippen LogP contribution is -2.47. The molecule has 0 unspecified atom stereocenters. The van der Waals surface area contributed by atoms with Gasteiger partial charge in [0.15, 0.2) is 0 Å². The Morgan fingerprint density at radius 1 is 1.15 bits per heavy atom. The number of likely N-dealkylation sites (tertiary alicyclic amines) is 1. The van der Waals surface area contributed by atoms with E-state index in [1.807, 2.05) is 0 Å². The monoisotopic (exact) mass is 203 g/mol. The third-order valence-corrected chi connectivity index (χ3v) is 5.35. The van der Waals surface area contributed by atoms with Crippen LogP contribution in [-0.4, -0.2) is 44.0 Å². The van der Waals surface area contributed by atoms with Gasteiger partial charge in [0.1, 0.15) is 9.84 Å². The van der Waals surface area contributed by atoms with E-state index in [-0.39, 0.29) is 5.54 Å². The van der Waals surface area contributed by atoms with E-state index in [4.69, 9.17) is 0 Å². The quantitative estimate of drug-likeness (QED) is 0.580. The second-order valence-electron chi connectivity index (χ2n) is 4.40. The van der Waals surface area contributed by atoms with E-state index in [2.05, 4.69) is 11.9 Å². The molecular formula is C9H17NO2S. The lowest BCUT2D eigenvalue weighted by molar-refractivity contribution is 0.158. The molecule has 0 aromatic rings. The second kappa shape index (κ2) is 2.95. The summed E-state index contributed by atoms with van der Waals surface area (Å²) >= 11 is 0. The molecule has 0 aromatic heterocycles. The molecule has 2 rings (SSSR count). The molecule has 0 bridgehead atoms. The van der Waals surface area contributed by atoms with E-state index in [1.165, 1.54) is 12.8 Å². The first-order chi connectivity index (χ1) is 6.04. The molecule has 0 aromatic carbocycles. The predicted octanol–water partition coefficient (Wildman–Crippen LogP) is 0.659. The van der Waals surface area contributed by atoms with Crippen LogP contribution in [0.1, 0.15) is 25.7 Å². The number of hydrogen-bond donors (Lipinski definition) is 0. The minimum absolute atomic E-state index is 0.241. The van der Waals surface area contributed by atoms with Crippen LogP contribution in [-0.2, 0) is 9.84 Å². The van der Waals surface area contributed by atoms with Crippen molar-refractivity contribution in [2.75, 3.05) is 25.1 Å². The molecule has 0 N–H and O–H groups in total. The van der Waals surface area contributed by atoms with Crippen LogP contribution >= 0.6 is 0 Å². The number of nitrogens with zero attached hydrogens (tertiary/aromatic N) is 1. The molecule has 2 aliphatic heterocycles. The molecule has 0 amide bonds. The van der Waals surface area contributed by atoms with Crippen molar-refractivity contribution in [3.8, 4) is 0 Å². The van der Waals surface area contributed by atoms with Gasteiger partial charge < -0.3 is 4.90 Å². The first-order valence-electron chi connectivity index (χ1n) is 4.96. The van der Waals surface area contributed by atoms with Gasteiger partial charge in [0.25, 0.3) is 0 Å². The highest BCUT2D eigenvalue weighted by Gasteiger charge is 2.42. The zero-order valence-electron chi connectivity index (χ0n) is 8.12.